The molecule has 0 saturated heterocycles. The molecule has 0 heterocycles. The molecule has 6 N–H and O–H groups in total. The van der Waals surface area contributed by atoms with E-state index in [2.05, 4.69) is 0 Å². The summed E-state index contributed by atoms with van der Waals surface area (Å²) in [7, 11) is 3.04. The zero-order chi connectivity index (χ0) is 29.1. The average molecular weight is 546 g/mol. The first-order chi connectivity index (χ1) is 18.2. The van der Waals surface area contributed by atoms with Crippen LogP contribution in [0.3, 0.4) is 0 Å². The predicted molar refractivity (Wildman–Crippen MR) is 140 cm³/mol. The summed E-state index contributed by atoms with van der Waals surface area (Å²) >= 11 is 0. The van der Waals surface area contributed by atoms with E-state index in [1.807, 2.05) is 25.7 Å². The maximum Gasteiger partial charge on any atom is 0.255 e. The number of phenols is 1. The number of aliphatic hydroxyl groups is 3. The molecule has 0 aromatic heterocycles. The molecule has 11 heteroatoms. The third-order valence-electron chi connectivity index (χ3n) is 8.19. The Kier molecular flexibility index (Phi) is 7.39. The maximum absolute atomic E-state index is 15.9. The van der Waals surface area contributed by atoms with Crippen molar-refractivity contribution in [2.75, 3.05) is 27.2 Å². The summed E-state index contributed by atoms with van der Waals surface area (Å²) in [6.45, 7) is 7.65. The summed E-state index contributed by atoms with van der Waals surface area (Å²) in [4.78, 5) is 42.5. The van der Waals surface area contributed by atoms with E-state index >= 15 is 4.39 Å². The molecule has 4 rings (SSSR count). The van der Waals surface area contributed by atoms with Crippen LogP contribution in [0.5, 0.6) is 5.75 Å². The smallest absolute Gasteiger partial charge is 0.255 e. The molecule has 10 nitrogen and oxygen atoms in total. The van der Waals surface area contributed by atoms with Gasteiger partial charge in [-0.3, -0.25) is 24.2 Å². The Balaban J connectivity index is 1.87. The fourth-order valence-electron chi connectivity index (χ4n) is 6.52. The van der Waals surface area contributed by atoms with Gasteiger partial charge in [0.1, 0.15) is 28.7 Å². The van der Waals surface area contributed by atoms with E-state index in [-0.39, 0.29) is 41.6 Å². The minimum absolute atomic E-state index is 0.0382. The molecule has 0 spiro atoms. The number of primary amides is 1. The van der Waals surface area contributed by atoms with Crippen LogP contribution in [0.15, 0.2) is 23.0 Å². The normalized spacial score (nSPS) is 26.9. The van der Waals surface area contributed by atoms with Crippen LogP contribution in [0.25, 0.3) is 5.76 Å². The Bertz CT molecular complexity index is 1320. The van der Waals surface area contributed by atoms with Gasteiger partial charge in [-0.1, -0.05) is 20.8 Å². The number of benzene rings is 1. The number of Topliss-reactive ketones (excluding diaryl/α,β-unsaturated/α-hetero) is 2. The second kappa shape index (κ2) is 10.0. The topological polar surface area (TPSA) is 165 Å². The van der Waals surface area contributed by atoms with E-state index in [4.69, 9.17) is 5.73 Å². The number of likely N-dealkylation sites (N-methyl/N-ethyl adjacent to an activating group) is 1. The Hall–Kier alpha value is -3.28. The summed E-state index contributed by atoms with van der Waals surface area (Å²) in [5.41, 5.74) is 1.45. The molecule has 1 amide bonds. The minimum atomic E-state index is -2.73. The highest BCUT2D eigenvalue weighted by atomic mass is 19.1. The molecular formula is C28H36FN3O7. The number of carbonyl (C=O) groups excluding carboxylic acids is 3. The Morgan fingerprint density at radius 1 is 1.23 bits per heavy atom. The van der Waals surface area contributed by atoms with Gasteiger partial charge in [-0.2, -0.15) is 0 Å². The van der Waals surface area contributed by atoms with E-state index < -0.39 is 69.6 Å². The number of aliphatic hydroxyl groups excluding tert-OH is 2. The lowest BCUT2D eigenvalue weighted by Crippen LogP contribution is -2.65. The molecule has 3 aliphatic rings. The van der Waals surface area contributed by atoms with E-state index in [1.165, 1.54) is 25.1 Å². The van der Waals surface area contributed by atoms with Crippen molar-refractivity contribution in [2.45, 2.75) is 51.8 Å². The standard InChI is InChI=1S/C28H36FN3O7/c1-6-32(10-12(2)3)11-14-9-17(33)19-15(21(14)29)7-13-8-16-22(31(4)5)24(35)20(27(30)38)26(37)28(16,39)25(36)18(13)23(19)34/h9,12-13,16,22,33-34,37,39H,6-8,10-11H2,1-5H3,(H2,30,38)/t13-,16-,22-,28-/m0/s1. The number of carbonyl (C=O) groups is 3. The number of nitrogens with zero attached hydrogens (tertiary/aromatic N) is 2. The number of aromatic hydroxyl groups is 1. The number of hydrogen-bond donors (Lipinski definition) is 5. The molecule has 1 aromatic rings. The summed E-state index contributed by atoms with van der Waals surface area (Å²) in [5.74, 6) is -7.85. The van der Waals surface area contributed by atoms with Crippen molar-refractivity contribution in [1.82, 2.24) is 9.80 Å². The van der Waals surface area contributed by atoms with Gasteiger partial charge in [-0.15, -0.1) is 0 Å². The van der Waals surface area contributed by atoms with Crippen LogP contribution in [-0.2, 0) is 27.3 Å². The first-order valence-corrected chi connectivity index (χ1v) is 13.1. The number of halogens is 1. The molecule has 0 bridgehead atoms. The third-order valence-corrected chi connectivity index (χ3v) is 8.19. The first kappa shape index (κ1) is 28.7. The lowest BCUT2D eigenvalue weighted by atomic mass is 9.57. The second-order valence-electron chi connectivity index (χ2n) is 11.4. The zero-order valence-corrected chi connectivity index (χ0v) is 22.8. The van der Waals surface area contributed by atoms with Crippen molar-refractivity contribution in [1.29, 1.82) is 0 Å². The van der Waals surface area contributed by atoms with E-state index in [9.17, 15) is 34.8 Å². The summed E-state index contributed by atoms with van der Waals surface area (Å²) in [6.07, 6.45) is -0.178. The molecule has 1 aromatic carbocycles. The Morgan fingerprint density at radius 2 is 1.87 bits per heavy atom. The van der Waals surface area contributed by atoms with Crippen LogP contribution in [0.1, 0.15) is 43.9 Å². The van der Waals surface area contributed by atoms with Crippen LogP contribution < -0.4 is 5.73 Å². The van der Waals surface area contributed by atoms with Crippen LogP contribution >= 0.6 is 0 Å². The monoisotopic (exact) mass is 545 g/mol. The van der Waals surface area contributed by atoms with Gasteiger partial charge in [0.15, 0.2) is 11.4 Å². The average Bonchev–Trinajstić information content (AvgIpc) is 2.83. The number of rotatable bonds is 7. The summed E-state index contributed by atoms with van der Waals surface area (Å²) in [6, 6.07) is 0.0318. The lowest BCUT2D eigenvalue weighted by Gasteiger charge is -2.50. The lowest BCUT2D eigenvalue weighted by molar-refractivity contribution is -0.153. The van der Waals surface area contributed by atoms with Gasteiger partial charge in [0.05, 0.1) is 11.6 Å². The van der Waals surface area contributed by atoms with Crippen LogP contribution in [0.2, 0.25) is 0 Å². The molecule has 0 aliphatic heterocycles. The van der Waals surface area contributed by atoms with E-state index in [0.29, 0.717) is 19.0 Å². The van der Waals surface area contributed by atoms with Gasteiger partial charge in [-0.25, -0.2) is 4.39 Å². The minimum Gasteiger partial charge on any atom is -0.508 e. The van der Waals surface area contributed by atoms with Crippen molar-refractivity contribution in [3.8, 4) is 5.75 Å². The third kappa shape index (κ3) is 4.32. The zero-order valence-electron chi connectivity index (χ0n) is 22.8. The van der Waals surface area contributed by atoms with Crippen LogP contribution in [-0.4, -0.2) is 86.5 Å². The van der Waals surface area contributed by atoms with Crippen molar-refractivity contribution >= 4 is 23.2 Å². The first-order valence-electron chi connectivity index (χ1n) is 13.1. The number of phenolic OH excluding ortho intramolecular Hbond substituents is 1. The summed E-state index contributed by atoms with van der Waals surface area (Å²) in [5, 5.41) is 44.6. The van der Waals surface area contributed by atoms with Crippen molar-refractivity contribution < 1.29 is 39.2 Å². The number of nitrogens with two attached hydrogens (primary N) is 1. The second-order valence-corrected chi connectivity index (χ2v) is 11.4. The molecule has 3 aliphatic carbocycles. The quantitative estimate of drug-likeness (QED) is 0.320. The highest BCUT2D eigenvalue weighted by Crippen LogP contribution is 2.53. The van der Waals surface area contributed by atoms with Gasteiger partial charge in [0.2, 0.25) is 5.78 Å². The maximum atomic E-state index is 15.9. The van der Waals surface area contributed by atoms with Crippen LogP contribution in [0.4, 0.5) is 4.39 Å². The van der Waals surface area contributed by atoms with Gasteiger partial charge < -0.3 is 26.2 Å². The SMILES string of the molecule is CCN(Cc1cc(O)c2c(c1F)C[C@H]1C[C@H]3[C@H](N(C)C)C(=O)C(C(N)=O)=C(O)[C@@]3(O)C(=O)C1=C2O)CC(C)C. The molecule has 4 atom stereocenters. The van der Waals surface area contributed by atoms with Crippen molar-refractivity contribution in [3.05, 3.63) is 45.5 Å². The predicted octanol–water partition coefficient (Wildman–Crippen LogP) is 1.58. The highest BCUT2D eigenvalue weighted by molar-refractivity contribution is 6.24. The molecule has 1 fully saturated rings. The largest absolute Gasteiger partial charge is 0.508 e. The molecular weight excluding hydrogens is 509 g/mol. The number of amides is 1. The highest BCUT2D eigenvalue weighted by Gasteiger charge is 2.64. The van der Waals surface area contributed by atoms with E-state index in [0.717, 1.165) is 0 Å². The molecule has 0 radical (unpaired) electrons. The Morgan fingerprint density at radius 3 is 2.41 bits per heavy atom. The van der Waals surface area contributed by atoms with Crippen molar-refractivity contribution in [2.24, 2.45) is 23.5 Å². The number of ketones is 2. The van der Waals surface area contributed by atoms with Gasteiger partial charge in [0, 0.05) is 35.7 Å². The summed E-state index contributed by atoms with van der Waals surface area (Å²) < 4.78 is 15.9. The fourth-order valence-corrected chi connectivity index (χ4v) is 6.52. The number of fused-ring (bicyclic) bond motifs is 3. The molecule has 212 valence electrons. The fraction of sp³-hybridized carbons (Fsp3) is 0.536. The van der Waals surface area contributed by atoms with Crippen LogP contribution in [0, 0.1) is 23.6 Å². The van der Waals surface area contributed by atoms with Gasteiger partial charge in [0.25, 0.3) is 5.91 Å². The van der Waals surface area contributed by atoms with E-state index in [1.54, 1.807) is 0 Å². The molecule has 1 saturated carbocycles. The number of hydrogen-bond acceptors (Lipinski definition) is 9. The van der Waals surface area contributed by atoms with Gasteiger partial charge >= 0.3 is 0 Å². The van der Waals surface area contributed by atoms with Crippen molar-refractivity contribution in [3.63, 3.8) is 0 Å². The van der Waals surface area contributed by atoms with Gasteiger partial charge in [-0.05, 0) is 51.4 Å². The Labute approximate surface area is 226 Å². The molecule has 39 heavy (non-hydrogen) atoms. The molecule has 0 unspecified atom stereocenters.